The lowest BCUT2D eigenvalue weighted by Crippen LogP contribution is -2.64. The molecule has 1 spiro atoms. The Balaban J connectivity index is 0.675. The number of carbonyl (C=O) groups is 1. The van der Waals surface area contributed by atoms with Crippen LogP contribution in [0.15, 0.2) is 36.5 Å². The Bertz CT molecular complexity index is 2320. The largest absolute Gasteiger partial charge is 0.394 e. The zero-order valence-corrected chi connectivity index (χ0v) is 47.2. The Hall–Kier alpha value is -1.91. The maximum absolute atomic E-state index is 13.1. The second-order valence-electron chi connectivity index (χ2n) is 26.7. The van der Waals surface area contributed by atoms with E-state index in [1.807, 2.05) is 38.2 Å². The summed E-state index contributed by atoms with van der Waals surface area (Å²) >= 11 is 0. The standard InChI is InChI=1S/C60H88O21/c1-26-14-41-43(20-48-54(78-41)28(3)52(67)58-55(79-48)27(2)29(4)60(81-58)23-31(63)25-69-60)74-45-22-51-59(5,80-46(45)15-26)50(66)21-44-36(76-51)9-7-6-8-35-37(73-44)10-11-39-38(71-35)12-13-40-42(72-39)19-49-57(77-40)53(68)56-47(75-49)17-30(62)16-32(70-56)18-33(64)34(65)24-61/h6-7,10-13,26-29,31-58,61,63-68H,8-9,14-25H2,1-5H3. The van der Waals surface area contributed by atoms with E-state index >= 15 is 0 Å². The minimum atomic E-state index is -1.39. The van der Waals surface area contributed by atoms with Crippen LogP contribution in [0.2, 0.25) is 0 Å². The Kier molecular flexibility index (Phi) is 16.5. The Morgan fingerprint density at radius 3 is 1.91 bits per heavy atom. The van der Waals surface area contributed by atoms with Gasteiger partial charge in [-0.1, -0.05) is 64.2 Å². The van der Waals surface area contributed by atoms with Gasteiger partial charge in [0.1, 0.15) is 66.3 Å². The van der Waals surface area contributed by atoms with Gasteiger partial charge in [0.05, 0.1) is 129 Å². The molecule has 34 atom stereocenters. The lowest BCUT2D eigenvalue weighted by atomic mass is 9.75. The second kappa shape index (κ2) is 23.0. The summed E-state index contributed by atoms with van der Waals surface area (Å²) in [5.41, 5.74) is -1.07. The van der Waals surface area contributed by atoms with Crippen molar-refractivity contribution in [2.45, 2.75) is 294 Å². The van der Waals surface area contributed by atoms with Gasteiger partial charge in [-0.05, 0) is 44.4 Å². The molecule has 0 aromatic carbocycles. The van der Waals surface area contributed by atoms with Crippen molar-refractivity contribution in [3.8, 4) is 0 Å². The molecule has 10 saturated heterocycles. The summed E-state index contributed by atoms with van der Waals surface area (Å²) in [4.78, 5) is 13.1. The molecule has 0 saturated carbocycles. The van der Waals surface area contributed by atoms with Crippen molar-refractivity contribution in [1.29, 1.82) is 0 Å². The average molecular weight is 1150 g/mol. The van der Waals surface area contributed by atoms with E-state index in [1.54, 1.807) is 0 Å². The predicted octanol–water partition coefficient (Wildman–Crippen LogP) is 1.56. The number of hydrogen-bond donors (Lipinski definition) is 7. The van der Waals surface area contributed by atoms with E-state index in [0.29, 0.717) is 44.9 Å². The molecule has 34 unspecified atom stereocenters. The van der Waals surface area contributed by atoms with E-state index in [4.69, 9.17) is 61.6 Å². The molecule has 0 aliphatic carbocycles. The maximum Gasteiger partial charge on any atom is 0.174 e. The molecule has 0 bridgehead atoms. The predicted molar refractivity (Wildman–Crippen MR) is 281 cm³/mol. The number of rotatable bonds is 4. The molecule has 0 aromatic rings. The monoisotopic (exact) mass is 1140 g/mol. The van der Waals surface area contributed by atoms with Crippen molar-refractivity contribution in [2.24, 2.45) is 23.7 Å². The van der Waals surface area contributed by atoms with Crippen molar-refractivity contribution in [3.05, 3.63) is 36.5 Å². The number of Topliss-reactive ketones (excluding diaryl/α,β-unsaturated/α-hetero) is 1. The number of hydrogen-bond acceptors (Lipinski definition) is 21. The minimum absolute atomic E-state index is 0.00312. The lowest BCUT2D eigenvalue weighted by molar-refractivity contribution is -0.339. The molecule has 7 N–H and O–H groups in total. The highest BCUT2D eigenvalue weighted by Crippen LogP contribution is 2.52. The number of carbonyl (C=O) groups excluding carboxylic acids is 1. The first-order valence-electron chi connectivity index (χ1n) is 30.6. The highest BCUT2D eigenvalue weighted by molar-refractivity contribution is 5.79. The molecule has 21 heteroatoms. The number of ketones is 1. The second-order valence-corrected chi connectivity index (χ2v) is 26.7. The van der Waals surface area contributed by atoms with E-state index in [9.17, 15) is 40.5 Å². The smallest absolute Gasteiger partial charge is 0.174 e. The number of ether oxygens (including phenoxy) is 13. The highest BCUT2D eigenvalue weighted by Gasteiger charge is 2.63. The Labute approximate surface area is 473 Å². The summed E-state index contributed by atoms with van der Waals surface area (Å²) in [5, 5.41) is 76.5. The normalized spacial score (nSPS) is 55.9. The SMILES string of the molecule is CC1CC2OC3C(CC2OC2CC4OC5CC=CCC6OC7C=CC8OC9C(CC8OC7C=CC6OC5CC(O)C4(C)OC2C1)OC1CC(=O)CC(CC(O)C(O)CO)OC1C9O)OC1C(C)C(C)C2(CC(O)CO2)OC1C(O)C3C. The lowest BCUT2D eigenvalue weighted by Gasteiger charge is -2.53. The van der Waals surface area contributed by atoms with Crippen LogP contribution < -0.4 is 0 Å². The quantitative estimate of drug-likeness (QED) is 0.197. The van der Waals surface area contributed by atoms with Gasteiger partial charge in [0.25, 0.3) is 0 Å². The molecular weight excluding hydrogens is 1060 g/mol. The molecule has 0 aromatic heterocycles. The van der Waals surface area contributed by atoms with Gasteiger partial charge in [-0.3, -0.25) is 4.79 Å². The first-order chi connectivity index (χ1) is 38.8. The maximum atomic E-state index is 13.1. The third kappa shape index (κ3) is 10.9. The first kappa shape index (κ1) is 58.1. The molecule has 0 radical (unpaired) electrons. The van der Waals surface area contributed by atoms with Crippen LogP contribution in [-0.2, 0) is 66.4 Å². The highest BCUT2D eigenvalue weighted by atomic mass is 16.7. The molecule has 454 valence electrons. The van der Waals surface area contributed by atoms with Crippen molar-refractivity contribution in [3.63, 3.8) is 0 Å². The zero-order valence-electron chi connectivity index (χ0n) is 47.2. The molecule has 10 fully saturated rings. The molecule has 13 heterocycles. The zero-order chi connectivity index (χ0) is 56.4. The van der Waals surface area contributed by atoms with E-state index in [1.165, 1.54) is 0 Å². The molecule has 13 rings (SSSR count). The first-order valence-corrected chi connectivity index (χ1v) is 30.6. The van der Waals surface area contributed by atoms with Crippen LogP contribution in [0, 0.1) is 23.7 Å². The van der Waals surface area contributed by atoms with E-state index < -0.39 is 158 Å². The summed E-state index contributed by atoms with van der Waals surface area (Å²) in [5.74, 6) is -1.41. The molecular formula is C60H88O21. The Morgan fingerprint density at radius 2 is 1.16 bits per heavy atom. The van der Waals surface area contributed by atoms with Crippen LogP contribution in [0.1, 0.15) is 112 Å². The minimum Gasteiger partial charge on any atom is -0.394 e. The van der Waals surface area contributed by atoms with Gasteiger partial charge in [-0.25, -0.2) is 0 Å². The van der Waals surface area contributed by atoms with Crippen molar-refractivity contribution >= 4 is 5.78 Å². The molecule has 21 nitrogen and oxygen atoms in total. The number of aliphatic hydroxyl groups excluding tert-OH is 7. The van der Waals surface area contributed by atoms with Crippen LogP contribution in [0.3, 0.4) is 0 Å². The molecule has 13 aliphatic heterocycles. The van der Waals surface area contributed by atoms with Crippen LogP contribution in [0.25, 0.3) is 0 Å². The van der Waals surface area contributed by atoms with Gasteiger partial charge in [-0.2, -0.15) is 0 Å². The van der Waals surface area contributed by atoms with Crippen LogP contribution in [0.5, 0.6) is 0 Å². The van der Waals surface area contributed by atoms with E-state index in [2.05, 4.69) is 32.9 Å². The number of aliphatic hydroxyl groups is 7. The summed E-state index contributed by atoms with van der Waals surface area (Å²) < 4.78 is 88.6. The molecule has 13 aliphatic rings. The fraction of sp³-hybridized carbons (Fsp3) is 0.883. The van der Waals surface area contributed by atoms with Crippen molar-refractivity contribution < 1.29 is 102 Å². The van der Waals surface area contributed by atoms with Crippen LogP contribution in [0.4, 0.5) is 0 Å². The van der Waals surface area contributed by atoms with Gasteiger partial charge >= 0.3 is 0 Å². The topological polar surface area (TPSA) is 279 Å². The summed E-state index contributed by atoms with van der Waals surface area (Å²) in [6.07, 6.45) is -1.39. The third-order valence-electron chi connectivity index (χ3n) is 21.2. The third-order valence-corrected chi connectivity index (χ3v) is 21.2. The average Bonchev–Trinajstić information content (AvgIpc) is 3.67. The van der Waals surface area contributed by atoms with Crippen molar-refractivity contribution in [1.82, 2.24) is 0 Å². The fourth-order valence-electron chi connectivity index (χ4n) is 16.4. The van der Waals surface area contributed by atoms with E-state index in [-0.39, 0.29) is 92.3 Å². The van der Waals surface area contributed by atoms with Gasteiger partial charge < -0.3 is 97.3 Å². The summed E-state index contributed by atoms with van der Waals surface area (Å²) in [6, 6.07) is 0. The van der Waals surface area contributed by atoms with Gasteiger partial charge in [0.15, 0.2) is 5.79 Å². The van der Waals surface area contributed by atoms with Crippen LogP contribution in [-0.4, -0.2) is 237 Å². The Morgan fingerprint density at radius 1 is 0.543 bits per heavy atom. The summed E-state index contributed by atoms with van der Waals surface area (Å²) in [6.45, 7) is 9.95. The number of fused-ring (bicyclic) bond motifs is 11. The van der Waals surface area contributed by atoms with Gasteiger partial charge in [0, 0.05) is 63.2 Å². The fourth-order valence-corrected chi connectivity index (χ4v) is 16.4. The van der Waals surface area contributed by atoms with Gasteiger partial charge in [0.2, 0.25) is 0 Å². The molecule has 81 heavy (non-hydrogen) atoms. The summed E-state index contributed by atoms with van der Waals surface area (Å²) in [7, 11) is 0. The van der Waals surface area contributed by atoms with Crippen molar-refractivity contribution in [2.75, 3.05) is 13.2 Å². The van der Waals surface area contributed by atoms with E-state index in [0.717, 1.165) is 6.42 Å². The molecule has 0 amide bonds. The van der Waals surface area contributed by atoms with Crippen LogP contribution >= 0.6 is 0 Å². The van der Waals surface area contributed by atoms with Gasteiger partial charge in [-0.15, -0.1) is 0 Å².